The predicted octanol–water partition coefficient (Wildman–Crippen LogP) is 3.49. The van der Waals surface area contributed by atoms with Crippen molar-refractivity contribution in [1.29, 1.82) is 0 Å². The van der Waals surface area contributed by atoms with Gasteiger partial charge in [-0.25, -0.2) is 0 Å². The van der Waals surface area contributed by atoms with Crippen LogP contribution in [0.15, 0.2) is 48.5 Å². The molecule has 1 saturated heterocycles. The summed E-state index contributed by atoms with van der Waals surface area (Å²) >= 11 is 0. The number of rotatable bonds is 8. The molecule has 1 aliphatic rings. The molecule has 1 aliphatic heterocycles. The highest BCUT2D eigenvalue weighted by atomic mass is 16.3. The second kappa shape index (κ2) is 10.1. The lowest BCUT2D eigenvalue weighted by Gasteiger charge is -2.24. The van der Waals surface area contributed by atoms with Gasteiger partial charge in [-0.2, -0.15) is 0 Å². The van der Waals surface area contributed by atoms with E-state index in [1.807, 2.05) is 43.4 Å². The van der Waals surface area contributed by atoms with Crippen molar-refractivity contribution in [3.63, 3.8) is 0 Å². The molecule has 0 aliphatic carbocycles. The third-order valence-corrected chi connectivity index (χ3v) is 5.33. The van der Waals surface area contributed by atoms with E-state index in [0.717, 1.165) is 28.9 Å². The van der Waals surface area contributed by atoms with E-state index in [9.17, 15) is 9.59 Å². The molecule has 6 nitrogen and oxygen atoms in total. The van der Waals surface area contributed by atoms with E-state index >= 15 is 0 Å². The number of hydrogen-bond acceptors (Lipinski definition) is 4. The van der Waals surface area contributed by atoms with E-state index < -0.39 is 6.04 Å². The summed E-state index contributed by atoms with van der Waals surface area (Å²) in [6.07, 6.45) is 3.17. The van der Waals surface area contributed by atoms with Gasteiger partial charge >= 0.3 is 0 Å². The van der Waals surface area contributed by atoms with Gasteiger partial charge in [-0.1, -0.05) is 24.3 Å². The fraction of sp³-hybridized carbons (Fsp3) is 0.391. The van der Waals surface area contributed by atoms with Crippen LogP contribution in [0.25, 0.3) is 11.1 Å². The molecule has 6 heteroatoms. The van der Waals surface area contributed by atoms with Crippen molar-refractivity contribution < 1.29 is 14.7 Å². The van der Waals surface area contributed by atoms with Crippen molar-refractivity contribution in [3.05, 3.63) is 48.5 Å². The number of carbonyl (C=O) groups excluding carboxylic acids is 2. The van der Waals surface area contributed by atoms with Gasteiger partial charge in [0.2, 0.25) is 11.8 Å². The zero-order valence-corrected chi connectivity index (χ0v) is 16.9. The van der Waals surface area contributed by atoms with Crippen LogP contribution in [0.2, 0.25) is 0 Å². The van der Waals surface area contributed by atoms with Crippen molar-refractivity contribution in [1.82, 2.24) is 4.90 Å². The second-order valence-electron chi connectivity index (χ2n) is 7.32. The van der Waals surface area contributed by atoms with Gasteiger partial charge in [0.1, 0.15) is 6.04 Å². The number of carbonyl (C=O) groups is 2. The summed E-state index contributed by atoms with van der Waals surface area (Å²) in [4.78, 5) is 26.8. The average Bonchev–Trinajstić information content (AvgIpc) is 3.25. The quantitative estimate of drug-likeness (QED) is 0.598. The summed E-state index contributed by atoms with van der Waals surface area (Å²) < 4.78 is 0. The SMILES string of the molecule is CNc1ccc(-c2ccc(NC(=O)C3CCCN3C(=O)CCCCO)cc2)cc1. The molecule has 3 rings (SSSR count). The second-order valence-corrected chi connectivity index (χ2v) is 7.32. The van der Waals surface area contributed by atoms with E-state index in [2.05, 4.69) is 22.8 Å². The molecule has 154 valence electrons. The van der Waals surface area contributed by atoms with Gasteiger partial charge in [0, 0.05) is 38.0 Å². The molecule has 29 heavy (non-hydrogen) atoms. The maximum atomic E-state index is 12.7. The maximum Gasteiger partial charge on any atom is 0.247 e. The number of likely N-dealkylation sites (tertiary alicyclic amines) is 1. The molecule has 0 saturated carbocycles. The zero-order chi connectivity index (χ0) is 20.6. The monoisotopic (exact) mass is 395 g/mol. The number of nitrogens with one attached hydrogen (secondary N) is 2. The number of nitrogens with zero attached hydrogens (tertiary/aromatic N) is 1. The first kappa shape index (κ1) is 20.9. The summed E-state index contributed by atoms with van der Waals surface area (Å²) in [7, 11) is 1.89. The topological polar surface area (TPSA) is 81.7 Å². The molecule has 2 amide bonds. The molecule has 0 bridgehead atoms. The molecule has 0 aromatic heterocycles. The van der Waals surface area contributed by atoms with Crippen LogP contribution < -0.4 is 10.6 Å². The number of amides is 2. The van der Waals surface area contributed by atoms with Crippen LogP contribution in [0.4, 0.5) is 11.4 Å². The molecule has 1 atom stereocenters. The molecule has 1 heterocycles. The summed E-state index contributed by atoms with van der Waals surface area (Å²) in [5.74, 6) is -0.138. The smallest absolute Gasteiger partial charge is 0.247 e. The fourth-order valence-corrected chi connectivity index (χ4v) is 3.67. The lowest BCUT2D eigenvalue weighted by molar-refractivity contribution is -0.136. The lowest BCUT2D eigenvalue weighted by atomic mass is 10.0. The van der Waals surface area contributed by atoms with Crippen LogP contribution in [-0.4, -0.2) is 48.1 Å². The van der Waals surface area contributed by atoms with Crippen LogP contribution >= 0.6 is 0 Å². The molecule has 2 aromatic carbocycles. The molecule has 0 spiro atoms. The Hall–Kier alpha value is -2.86. The number of aliphatic hydroxyl groups excluding tert-OH is 1. The Balaban J connectivity index is 1.60. The first-order valence-electron chi connectivity index (χ1n) is 10.2. The summed E-state index contributed by atoms with van der Waals surface area (Å²) in [6.45, 7) is 0.713. The normalized spacial score (nSPS) is 15.9. The first-order chi connectivity index (χ1) is 14.1. The first-order valence-corrected chi connectivity index (χ1v) is 10.2. The standard InChI is InChI=1S/C23H29N3O3/c1-24-19-11-7-17(8-12-19)18-9-13-20(14-10-18)25-23(29)21-5-4-15-26(21)22(28)6-2-3-16-27/h7-14,21,24,27H,2-6,15-16H2,1H3,(H,25,29). The molecular weight excluding hydrogens is 366 g/mol. The highest BCUT2D eigenvalue weighted by Crippen LogP contribution is 2.24. The molecule has 0 radical (unpaired) electrons. The number of anilines is 2. The minimum Gasteiger partial charge on any atom is -0.396 e. The minimum atomic E-state index is -0.412. The van der Waals surface area contributed by atoms with Crippen molar-refractivity contribution in [3.8, 4) is 11.1 Å². The number of unbranched alkanes of at least 4 members (excludes halogenated alkanes) is 1. The molecule has 3 N–H and O–H groups in total. The van der Waals surface area contributed by atoms with Crippen molar-refractivity contribution in [2.45, 2.75) is 38.1 Å². The zero-order valence-electron chi connectivity index (χ0n) is 16.9. The number of benzene rings is 2. The van der Waals surface area contributed by atoms with Crippen LogP contribution in [0.1, 0.15) is 32.1 Å². The Morgan fingerprint density at radius 2 is 1.62 bits per heavy atom. The van der Waals surface area contributed by atoms with Gasteiger partial charge in [-0.05, 0) is 61.1 Å². The summed E-state index contributed by atoms with van der Waals surface area (Å²) in [5.41, 5.74) is 3.97. The number of aliphatic hydroxyl groups is 1. The van der Waals surface area contributed by atoms with Gasteiger partial charge in [0.25, 0.3) is 0 Å². The van der Waals surface area contributed by atoms with Crippen LogP contribution in [0.5, 0.6) is 0 Å². The molecular formula is C23H29N3O3. The lowest BCUT2D eigenvalue weighted by Crippen LogP contribution is -2.43. The third-order valence-electron chi connectivity index (χ3n) is 5.33. The van der Waals surface area contributed by atoms with Gasteiger partial charge in [0.15, 0.2) is 0 Å². The highest BCUT2D eigenvalue weighted by molar-refractivity contribution is 5.97. The van der Waals surface area contributed by atoms with Crippen LogP contribution in [-0.2, 0) is 9.59 Å². The van der Waals surface area contributed by atoms with Crippen molar-refractivity contribution in [2.75, 3.05) is 30.8 Å². The third kappa shape index (κ3) is 5.35. The summed E-state index contributed by atoms with van der Waals surface area (Å²) in [6, 6.07) is 15.5. The minimum absolute atomic E-state index is 0.00327. The molecule has 2 aromatic rings. The van der Waals surface area contributed by atoms with E-state index in [1.165, 1.54) is 0 Å². The number of hydrogen-bond donors (Lipinski definition) is 3. The maximum absolute atomic E-state index is 12.7. The van der Waals surface area contributed by atoms with E-state index in [0.29, 0.717) is 32.2 Å². The van der Waals surface area contributed by atoms with Gasteiger partial charge in [-0.15, -0.1) is 0 Å². The van der Waals surface area contributed by atoms with Crippen molar-refractivity contribution in [2.24, 2.45) is 0 Å². The molecule has 1 unspecified atom stereocenters. The van der Waals surface area contributed by atoms with Crippen molar-refractivity contribution >= 4 is 23.2 Å². The Kier molecular flexibility index (Phi) is 7.25. The molecule has 1 fully saturated rings. The van der Waals surface area contributed by atoms with E-state index in [-0.39, 0.29) is 18.4 Å². The van der Waals surface area contributed by atoms with Crippen LogP contribution in [0, 0.1) is 0 Å². The largest absolute Gasteiger partial charge is 0.396 e. The van der Waals surface area contributed by atoms with Gasteiger partial charge < -0.3 is 20.6 Å². The summed E-state index contributed by atoms with van der Waals surface area (Å²) in [5, 5.41) is 14.9. The average molecular weight is 396 g/mol. The Bertz CT molecular complexity index is 818. The van der Waals surface area contributed by atoms with Gasteiger partial charge in [-0.3, -0.25) is 9.59 Å². The predicted molar refractivity (Wildman–Crippen MR) is 116 cm³/mol. The Morgan fingerprint density at radius 3 is 2.21 bits per heavy atom. The highest BCUT2D eigenvalue weighted by Gasteiger charge is 2.33. The van der Waals surface area contributed by atoms with Crippen LogP contribution in [0.3, 0.4) is 0 Å². The fourth-order valence-electron chi connectivity index (χ4n) is 3.67. The van der Waals surface area contributed by atoms with E-state index in [1.54, 1.807) is 4.90 Å². The Labute approximate surface area is 171 Å². The Morgan fingerprint density at radius 1 is 1.00 bits per heavy atom. The van der Waals surface area contributed by atoms with Gasteiger partial charge in [0.05, 0.1) is 0 Å². The van der Waals surface area contributed by atoms with E-state index in [4.69, 9.17) is 5.11 Å².